The first-order chi connectivity index (χ1) is 14.6. The first-order valence-corrected chi connectivity index (χ1v) is 9.52. The highest BCUT2D eigenvalue weighted by molar-refractivity contribution is 6.09. The Labute approximate surface area is 174 Å². The molecule has 0 aliphatic heterocycles. The minimum atomic E-state index is -0.324. The Morgan fingerprint density at radius 3 is 2.53 bits per heavy atom. The van der Waals surface area contributed by atoms with Crippen molar-refractivity contribution in [2.45, 2.75) is 6.54 Å². The normalized spacial score (nSPS) is 10.6. The summed E-state index contributed by atoms with van der Waals surface area (Å²) in [6, 6.07) is 22.2. The highest BCUT2D eigenvalue weighted by atomic mass is 16.2. The fourth-order valence-electron chi connectivity index (χ4n) is 3.21. The third-order valence-electron chi connectivity index (χ3n) is 4.73. The van der Waals surface area contributed by atoms with Gasteiger partial charge >= 0.3 is 0 Å². The summed E-state index contributed by atoms with van der Waals surface area (Å²) in [5, 5.41) is 3.82. The van der Waals surface area contributed by atoms with Crippen molar-refractivity contribution in [1.29, 1.82) is 0 Å². The van der Waals surface area contributed by atoms with Gasteiger partial charge in [0, 0.05) is 36.9 Å². The van der Waals surface area contributed by atoms with E-state index in [9.17, 15) is 9.59 Å². The Morgan fingerprint density at radius 2 is 1.70 bits per heavy atom. The zero-order valence-corrected chi connectivity index (χ0v) is 16.4. The number of amides is 2. The number of aromatic nitrogens is 2. The van der Waals surface area contributed by atoms with Crippen LogP contribution in [-0.2, 0) is 6.54 Å². The number of nitrogens with one attached hydrogen (secondary N) is 1. The molecule has 0 fully saturated rings. The standard InChI is InChI=1S/C24H20N4O2/c1-28(16-17-7-3-2-4-8-17)24(30)21-15-19(12-14-25-21)23(29)27-20-11-5-9-18-10-6-13-26-22(18)20/h2-15H,16H2,1H3,(H,27,29). The molecule has 0 saturated carbocycles. The van der Waals surface area contributed by atoms with Crippen molar-refractivity contribution < 1.29 is 9.59 Å². The van der Waals surface area contributed by atoms with Gasteiger partial charge in [0.25, 0.3) is 11.8 Å². The Morgan fingerprint density at radius 1 is 0.900 bits per heavy atom. The number of fused-ring (bicyclic) bond motifs is 1. The van der Waals surface area contributed by atoms with Crippen LogP contribution in [0.4, 0.5) is 5.69 Å². The molecule has 0 spiro atoms. The van der Waals surface area contributed by atoms with E-state index in [2.05, 4.69) is 15.3 Å². The number of hydrogen-bond acceptors (Lipinski definition) is 4. The van der Waals surface area contributed by atoms with Crippen LogP contribution in [0.1, 0.15) is 26.4 Å². The molecule has 2 aromatic carbocycles. The highest BCUT2D eigenvalue weighted by Gasteiger charge is 2.16. The van der Waals surface area contributed by atoms with Crippen LogP contribution in [0.15, 0.2) is 85.2 Å². The van der Waals surface area contributed by atoms with Crippen molar-refractivity contribution in [3.63, 3.8) is 0 Å². The van der Waals surface area contributed by atoms with Gasteiger partial charge in [0.15, 0.2) is 0 Å². The molecule has 2 heterocycles. The molecule has 6 nitrogen and oxygen atoms in total. The summed E-state index contributed by atoms with van der Waals surface area (Å²) in [6.07, 6.45) is 3.16. The molecule has 4 aromatic rings. The van der Waals surface area contributed by atoms with Gasteiger partial charge in [-0.05, 0) is 29.8 Å². The van der Waals surface area contributed by atoms with Gasteiger partial charge in [-0.15, -0.1) is 0 Å². The van der Waals surface area contributed by atoms with Gasteiger partial charge in [-0.3, -0.25) is 19.6 Å². The van der Waals surface area contributed by atoms with E-state index in [0.717, 1.165) is 10.9 Å². The second kappa shape index (κ2) is 8.53. The molecule has 0 aliphatic rings. The number of anilines is 1. The van der Waals surface area contributed by atoms with Crippen molar-refractivity contribution in [2.24, 2.45) is 0 Å². The van der Waals surface area contributed by atoms with Crippen LogP contribution < -0.4 is 5.32 Å². The van der Waals surface area contributed by atoms with Gasteiger partial charge in [0.2, 0.25) is 0 Å². The molecule has 2 aromatic heterocycles. The molecule has 0 aliphatic carbocycles. The molecule has 0 atom stereocenters. The fourth-order valence-corrected chi connectivity index (χ4v) is 3.21. The van der Waals surface area contributed by atoms with Crippen molar-refractivity contribution in [3.8, 4) is 0 Å². The number of carbonyl (C=O) groups excluding carboxylic acids is 2. The molecule has 1 N–H and O–H groups in total. The molecule has 0 bridgehead atoms. The number of hydrogen-bond donors (Lipinski definition) is 1. The summed E-state index contributed by atoms with van der Waals surface area (Å²) in [5.41, 5.74) is 2.92. The van der Waals surface area contributed by atoms with E-state index < -0.39 is 0 Å². The van der Waals surface area contributed by atoms with E-state index in [1.807, 2.05) is 54.6 Å². The largest absolute Gasteiger partial charge is 0.336 e. The number of nitrogens with zero attached hydrogens (tertiary/aromatic N) is 3. The summed E-state index contributed by atoms with van der Waals surface area (Å²) in [5.74, 6) is -0.573. The SMILES string of the molecule is CN(Cc1ccccc1)C(=O)c1cc(C(=O)Nc2cccc3cccnc23)ccn1. The molecular formula is C24H20N4O2. The van der Waals surface area contributed by atoms with Gasteiger partial charge in [-0.1, -0.05) is 48.5 Å². The van der Waals surface area contributed by atoms with Crippen molar-refractivity contribution in [2.75, 3.05) is 12.4 Å². The number of benzene rings is 2. The van der Waals surface area contributed by atoms with E-state index >= 15 is 0 Å². The third-order valence-corrected chi connectivity index (χ3v) is 4.73. The van der Waals surface area contributed by atoms with Crippen LogP contribution in [0.25, 0.3) is 10.9 Å². The zero-order valence-electron chi connectivity index (χ0n) is 16.4. The van der Waals surface area contributed by atoms with Crippen LogP contribution in [0, 0.1) is 0 Å². The van der Waals surface area contributed by atoms with Crippen molar-refractivity contribution in [3.05, 3.63) is 102 Å². The van der Waals surface area contributed by atoms with Gasteiger partial charge in [-0.25, -0.2) is 0 Å². The average molecular weight is 396 g/mol. The van der Waals surface area contributed by atoms with Crippen molar-refractivity contribution in [1.82, 2.24) is 14.9 Å². The maximum Gasteiger partial charge on any atom is 0.272 e. The zero-order chi connectivity index (χ0) is 20.9. The first kappa shape index (κ1) is 19.3. The average Bonchev–Trinajstić information content (AvgIpc) is 2.79. The molecule has 0 saturated heterocycles. The van der Waals surface area contributed by atoms with E-state index in [4.69, 9.17) is 0 Å². The van der Waals surface area contributed by atoms with E-state index in [1.54, 1.807) is 30.3 Å². The molecule has 30 heavy (non-hydrogen) atoms. The summed E-state index contributed by atoms with van der Waals surface area (Å²) in [4.78, 5) is 35.7. The molecule has 148 valence electrons. The summed E-state index contributed by atoms with van der Waals surface area (Å²) >= 11 is 0. The van der Waals surface area contributed by atoms with Crippen LogP contribution in [-0.4, -0.2) is 33.7 Å². The second-order valence-electron chi connectivity index (χ2n) is 6.91. The first-order valence-electron chi connectivity index (χ1n) is 9.52. The predicted octanol–water partition coefficient (Wildman–Crippen LogP) is 4.15. The fraction of sp³-hybridized carbons (Fsp3) is 0.0833. The molecule has 6 heteroatoms. The molecule has 2 amide bonds. The predicted molar refractivity (Wildman–Crippen MR) is 116 cm³/mol. The smallest absolute Gasteiger partial charge is 0.272 e. The number of para-hydroxylation sites is 1. The van der Waals surface area contributed by atoms with E-state index in [0.29, 0.717) is 23.3 Å². The van der Waals surface area contributed by atoms with Crippen molar-refractivity contribution >= 4 is 28.4 Å². The number of carbonyl (C=O) groups is 2. The van der Waals surface area contributed by atoms with E-state index in [-0.39, 0.29) is 17.5 Å². The van der Waals surface area contributed by atoms with Crippen LogP contribution >= 0.6 is 0 Å². The Bertz CT molecular complexity index is 1200. The maximum atomic E-state index is 12.8. The lowest BCUT2D eigenvalue weighted by Gasteiger charge is -2.17. The Kier molecular flexibility index (Phi) is 5.48. The van der Waals surface area contributed by atoms with Crippen LogP contribution in [0.5, 0.6) is 0 Å². The third kappa shape index (κ3) is 4.17. The number of rotatable bonds is 5. The number of pyridine rings is 2. The topological polar surface area (TPSA) is 75.2 Å². The van der Waals surface area contributed by atoms with E-state index in [1.165, 1.54) is 12.3 Å². The molecule has 4 rings (SSSR count). The molecule has 0 radical (unpaired) electrons. The van der Waals surface area contributed by atoms with Gasteiger partial charge < -0.3 is 10.2 Å². The highest BCUT2D eigenvalue weighted by Crippen LogP contribution is 2.21. The van der Waals surface area contributed by atoms with Gasteiger partial charge in [-0.2, -0.15) is 0 Å². The lowest BCUT2D eigenvalue weighted by Crippen LogP contribution is -2.27. The lowest BCUT2D eigenvalue weighted by atomic mass is 10.1. The van der Waals surface area contributed by atoms with Gasteiger partial charge in [0.05, 0.1) is 11.2 Å². The maximum absolute atomic E-state index is 12.8. The van der Waals surface area contributed by atoms with Crippen LogP contribution in [0.3, 0.4) is 0 Å². The summed E-state index contributed by atoms with van der Waals surface area (Å²) in [6.45, 7) is 0.458. The quantitative estimate of drug-likeness (QED) is 0.550. The second-order valence-corrected chi connectivity index (χ2v) is 6.91. The van der Waals surface area contributed by atoms with Crippen LogP contribution in [0.2, 0.25) is 0 Å². The minimum absolute atomic E-state index is 0.220. The lowest BCUT2D eigenvalue weighted by molar-refractivity contribution is 0.0779. The summed E-state index contributed by atoms with van der Waals surface area (Å²) < 4.78 is 0. The van der Waals surface area contributed by atoms with Gasteiger partial charge in [0.1, 0.15) is 5.69 Å². The molecular weight excluding hydrogens is 376 g/mol. The Hall–Kier alpha value is -4.06. The molecule has 0 unspecified atom stereocenters. The summed E-state index contributed by atoms with van der Waals surface area (Å²) in [7, 11) is 1.71. The minimum Gasteiger partial charge on any atom is -0.336 e. The monoisotopic (exact) mass is 396 g/mol. The Balaban J connectivity index is 1.52.